The summed E-state index contributed by atoms with van der Waals surface area (Å²) in [6.07, 6.45) is 0.928. The zero-order valence-electron chi connectivity index (χ0n) is 10.3. The van der Waals surface area contributed by atoms with Gasteiger partial charge in [0, 0.05) is 17.1 Å². The summed E-state index contributed by atoms with van der Waals surface area (Å²) in [5, 5.41) is 9.78. The number of halogens is 1. The van der Waals surface area contributed by atoms with Crippen LogP contribution in [0.15, 0.2) is 22.7 Å². The number of carbonyl (C=O) groups excluding carboxylic acids is 1. The van der Waals surface area contributed by atoms with Crippen molar-refractivity contribution in [2.45, 2.75) is 19.4 Å². The Bertz CT molecular complexity index is 464. The van der Waals surface area contributed by atoms with E-state index < -0.39 is 0 Å². The van der Waals surface area contributed by atoms with Gasteiger partial charge in [-0.1, -0.05) is 15.9 Å². The van der Waals surface area contributed by atoms with E-state index in [1.54, 1.807) is 17.0 Å². The lowest BCUT2D eigenvalue weighted by Crippen LogP contribution is -2.34. The molecule has 1 aliphatic heterocycles. The Hall–Kier alpha value is -1.07. The lowest BCUT2D eigenvalue weighted by molar-refractivity contribution is 0.0740. The second-order valence-electron chi connectivity index (χ2n) is 4.81. The average Bonchev–Trinajstić information content (AvgIpc) is 2.73. The minimum atomic E-state index is -0.128. The number of nitrogens with two attached hydrogens (primary N) is 1. The molecule has 0 bridgehead atoms. The van der Waals surface area contributed by atoms with E-state index in [1.807, 2.05) is 6.92 Å². The lowest BCUT2D eigenvalue weighted by Gasteiger charge is -2.22. The molecule has 1 aromatic carbocycles. The third-order valence-electron chi connectivity index (χ3n) is 3.44. The first-order valence-corrected chi connectivity index (χ1v) is 6.81. The van der Waals surface area contributed by atoms with Crippen molar-refractivity contribution in [3.8, 4) is 5.75 Å². The molecule has 4 nitrogen and oxygen atoms in total. The number of phenols is 1. The molecule has 0 aromatic heterocycles. The van der Waals surface area contributed by atoms with Crippen molar-refractivity contribution < 1.29 is 9.90 Å². The Balaban J connectivity index is 2.24. The van der Waals surface area contributed by atoms with Gasteiger partial charge in [-0.2, -0.15) is 0 Å². The molecule has 0 radical (unpaired) electrons. The van der Waals surface area contributed by atoms with Gasteiger partial charge in [0.15, 0.2) is 0 Å². The molecular weight excluding hydrogens is 296 g/mol. The van der Waals surface area contributed by atoms with Crippen LogP contribution >= 0.6 is 15.9 Å². The van der Waals surface area contributed by atoms with Crippen LogP contribution in [0.4, 0.5) is 0 Å². The number of rotatable bonds is 2. The van der Waals surface area contributed by atoms with Gasteiger partial charge in [0.1, 0.15) is 5.75 Å². The first-order chi connectivity index (χ1) is 8.52. The molecule has 18 heavy (non-hydrogen) atoms. The third kappa shape index (κ3) is 2.52. The summed E-state index contributed by atoms with van der Waals surface area (Å²) in [4.78, 5) is 14.2. The van der Waals surface area contributed by atoms with Crippen molar-refractivity contribution in [3.05, 3.63) is 28.2 Å². The highest BCUT2D eigenvalue weighted by Crippen LogP contribution is 2.28. The molecule has 5 heteroatoms. The second-order valence-corrected chi connectivity index (χ2v) is 5.72. The number of nitrogens with zero attached hydrogens (tertiary/aromatic N) is 1. The van der Waals surface area contributed by atoms with Crippen molar-refractivity contribution in [1.29, 1.82) is 0 Å². The van der Waals surface area contributed by atoms with Crippen LogP contribution in [0.25, 0.3) is 0 Å². The van der Waals surface area contributed by atoms with Crippen LogP contribution in [0.5, 0.6) is 5.75 Å². The summed E-state index contributed by atoms with van der Waals surface area (Å²) < 4.78 is 0.783. The first kappa shape index (κ1) is 13.4. The maximum absolute atomic E-state index is 12.4. The SMILES string of the molecule is CC1CC(CN)CN1C(=O)c1cc(Br)ccc1O. The van der Waals surface area contributed by atoms with Gasteiger partial charge >= 0.3 is 0 Å². The topological polar surface area (TPSA) is 66.6 Å². The van der Waals surface area contributed by atoms with Crippen LogP contribution in [0.1, 0.15) is 23.7 Å². The van der Waals surface area contributed by atoms with E-state index in [1.165, 1.54) is 6.07 Å². The summed E-state index contributed by atoms with van der Waals surface area (Å²) in [6.45, 7) is 3.28. The molecule has 0 spiro atoms. The van der Waals surface area contributed by atoms with Crippen LogP contribution in [0.2, 0.25) is 0 Å². The summed E-state index contributed by atoms with van der Waals surface area (Å²) in [5.74, 6) is 0.252. The average molecular weight is 313 g/mol. The van der Waals surface area contributed by atoms with Crippen molar-refractivity contribution in [2.75, 3.05) is 13.1 Å². The van der Waals surface area contributed by atoms with Crippen LogP contribution in [0, 0.1) is 5.92 Å². The molecule has 2 unspecified atom stereocenters. The molecule has 1 heterocycles. The molecule has 1 fully saturated rings. The van der Waals surface area contributed by atoms with Crippen LogP contribution in [-0.4, -0.2) is 35.0 Å². The number of amides is 1. The smallest absolute Gasteiger partial charge is 0.257 e. The molecule has 0 aliphatic carbocycles. The molecule has 3 N–H and O–H groups in total. The van der Waals surface area contributed by atoms with Gasteiger partial charge in [0.2, 0.25) is 0 Å². The highest BCUT2D eigenvalue weighted by Gasteiger charge is 2.33. The number of likely N-dealkylation sites (tertiary alicyclic amines) is 1. The van der Waals surface area contributed by atoms with Crippen molar-refractivity contribution >= 4 is 21.8 Å². The first-order valence-electron chi connectivity index (χ1n) is 6.02. The number of hydrogen-bond donors (Lipinski definition) is 2. The van der Waals surface area contributed by atoms with Crippen LogP contribution in [-0.2, 0) is 0 Å². The van der Waals surface area contributed by atoms with E-state index in [2.05, 4.69) is 15.9 Å². The van der Waals surface area contributed by atoms with Gasteiger partial charge in [0.25, 0.3) is 5.91 Å². The summed E-state index contributed by atoms with van der Waals surface area (Å²) >= 11 is 3.31. The molecule has 2 atom stereocenters. The van der Waals surface area contributed by atoms with E-state index in [0.717, 1.165) is 10.9 Å². The van der Waals surface area contributed by atoms with Crippen LogP contribution in [0.3, 0.4) is 0 Å². The Kier molecular flexibility index (Phi) is 3.92. The Morgan fingerprint density at radius 3 is 2.94 bits per heavy atom. The van der Waals surface area contributed by atoms with Gasteiger partial charge in [0.05, 0.1) is 5.56 Å². The Morgan fingerprint density at radius 2 is 2.33 bits per heavy atom. The zero-order valence-corrected chi connectivity index (χ0v) is 11.9. The fraction of sp³-hybridized carbons (Fsp3) is 0.462. The monoisotopic (exact) mass is 312 g/mol. The number of benzene rings is 1. The number of phenolic OH excluding ortho intramolecular Hbond substituents is 1. The van der Waals surface area contributed by atoms with Gasteiger partial charge in [-0.3, -0.25) is 4.79 Å². The van der Waals surface area contributed by atoms with Gasteiger partial charge in [-0.15, -0.1) is 0 Å². The molecule has 1 aromatic rings. The lowest BCUT2D eigenvalue weighted by atomic mass is 10.1. The predicted molar refractivity (Wildman–Crippen MR) is 73.5 cm³/mol. The zero-order chi connectivity index (χ0) is 13.3. The Morgan fingerprint density at radius 1 is 1.61 bits per heavy atom. The van der Waals surface area contributed by atoms with Gasteiger partial charge in [-0.25, -0.2) is 0 Å². The quantitative estimate of drug-likeness (QED) is 0.877. The van der Waals surface area contributed by atoms with E-state index in [0.29, 0.717) is 24.6 Å². The van der Waals surface area contributed by atoms with E-state index in [4.69, 9.17) is 5.73 Å². The summed E-state index contributed by atoms with van der Waals surface area (Å²) in [5.41, 5.74) is 6.00. The Labute approximate surface area is 115 Å². The van der Waals surface area contributed by atoms with Crippen LogP contribution < -0.4 is 5.73 Å². The van der Waals surface area contributed by atoms with Gasteiger partial charge < -0.3 is 15.7 Å². The summed E-state index contributed by atoms with van der Waals surface area (Å²) in [7, 11) is 0. The van der Waals surface area contributed by atoms with Crippen molar-refractivity contribution in [1.82, 2.24) is 4.90 Å². The fourth-order valence-corrected chi connectivity index (χ4v) is 2.79. The van der Waals surface area contributed by atoms with Crippen molar-refractivity contribution in [3.63, 3.8) is 0 Å². The number of carbonyl (C=O) groups is 1. The van der Waals surface area contributed by atoms with E-state index in [-0.39, 0.29) is 17.7 Å². The number of aromatic hydroxyl groups is 1. The maximum Gasteiger partial charge on any atom is 0.257 e. The normalized spacial score (nSPS) is 23.4. The second kappa shape index (κ2) is 5.28. The molecule has 1 amide bonds. The molecule has 1 aliphatic rings. The standard InChI is InChI=1S/C13H17BrN2O2/c1-8-4-9(6-15)7-16(8)13(18)11-5-10(14)2-3-12(11)17/h2-3,5,8-9,17H,4,6-7,15H2,1H3. The predicted octanol–water partition coefficient (Wildman–Crippen LogP) is 1.96. The molecule has 2 rings (SSSR count). The van der Waals surface area contributed by atoms with Crippen molar-refractivity contribution in [2.24, 2.45) is 11.7 Å². The highest BCUT2D eigenvalue weighted by atomic mass is 79.9. The van der Waals surface area contributed by atoms with E-state index >= 15 is 0 Å². The van der Waals surface area contributed by atoms with Gasteiger partial charge in [-0.05, 0) is 44.0 Å². The third-order valence-corrected chi connectivity index (χ3v) is 3.94. The molecular formula is C13H17BrN2O2. The number of hydrogen-bond acceptors (Lipinski definition) is 3. The minimum Gasteiger partial charge on any atom is -0.507 e. The minimum absolute atomic E-state index is 0.0200. The maximum atomic E-state index is 12.4. The fourth-order valence-electron chi connectivity index (χ4n) is 2.43. The molecule has 0 saturated carbocycles. The summed E-state index contributed by atoms with van der Waals surface area (Å²) in [6, 6.07) is 5.06. The molecule has 98 valence electrons. The van der Waals surface area contributed by atoms with E-state index in [9.17, 15) is 9.90 Å². The highest BCUT2D eigenvalue weighted by molar-refractivity contribution is 9.10. The molecule has 1 saturated heterocycles. The largest absolute Gasteiger partial charge is 0.507 e.